The molecule has 2 heterocycles. The summed E-state index contributed by atoms with van der Waals surface area (Å²) in [6.07, 6.45) is 0.242. The zero-order valence-corrected chi connectivity index (χ0v) is 8.40. The van der Waals surface area contributed by atoms with Crippen LogP contribution >= 0.6 is 11.3 Å². The van der Waals surface area contributed by atoms with E-state index in [1.54, 1.807) is 11.4 Å². The monoisotopic (exact) mass is 224 g/mol. The van der Waals surface area contributed by atoms with Gasteiger partial charge in [0.25, 0.3) is 0 Å². The fourth-order valence-electron chi connectivity index (χ4n) is 1.29. The van der Waals surface area contributed by atoms with Crippen molar-refractivity contribution in [1.82, 2.24) is 0 Å². The van der Waals surface area contributed by atoms with Crippen LogP contribution in [-0.2, 0) is 0 Å². The van der Waals surface area contributed by atoms with Gasteiger partial charge in [-0.2, -0.15) is 11.3 Å². The Kier molecular flexibility index (Phi) is 2.57. The second kappa shape index (κ2) is 3.88. The van der Waals surface area contributed by atoms with E-state index in [1.165, 1.54) is 23.7 Å². The molecule has 0 aromatic carbocycles. The van der Waals surface area contributed by atoms with Crippen molar-refractivity contribution in [3.63, 3.8) is 0 Å². The summed E-state index contributed by atoms with van der Waals surface area (Å²) in [7, 11) is 0. The number of thiophene rings is 1. The molecule has 2 aromatic rings. The van der Waals surface area contributed by atoms with E-state index in [0.29, 0.717) is 5.56 Å². The van der Waals surface area contributed by atoms with Gasteiger partial charge in [0.05, 0.1) is 6.26 Å². The predicted octanol–water partition coefficient (Wildman–Crippen LogP) is 2.12. The topological polar surface area (TPSA) is 70.7 Å². The number of rotatable bonds is 3. The first-order valence-corrected chi connectivity index (χ1v) is 5.15. The first kappa shape index (κ1) is 9.95. The number of aromatic carboxylic acids is 1. The highest BCUT2D eigenvalue weighted by molar-refractivity contribution is 7.07. The molecule has 0 fully saturated rings. The number of hydrogen-bond acceptors (Lipinski definition) is 4. The second-order valence-corrected chi connectivity index (χ2v) is 3.74. The summed E-state index contributed by atoms with van der Waals surface area (Å²) in [6.45, 7) is 0. The van der Waals surface area contributed by atoms with Crippen molar-refractivity contribution < 1.29 is 19.4 Å². The van der Waals surface area contributed by atoms with Gasteiger partial charge in [-0.15, -0.1) is 0 Å². The van der Waals surface area contributed by atoms with Crippen LogP contribution in [0.2, 0.25) is 0 Å². The van der Waals surface area contributed by atoms with E-state index in [1.807, 2.05) is 5.38 Å². The lowest BCUT2D eigenvalue weighted by atomic mass is 10.1. The zero-order valence-electron chi connectivity index (χ0n) is 7.58. The fraction of sp³-hybridized carbons (Fsp3) is 0.100. The number of aliphatic hydroxyl groups excluding tert-OH is 1. The number of carbonyl (C=O) groups is 1. The minimum atomic E-state index is -1.10. The van der Waals surface area contributed by atoms with Crippen LogP contribution in [0, 0.1) is 0 Å². The number of aliphatic hydroxyl groups is 1. The number of carboxylic acids is 1. The van der Waals surface area contributed by atoms with Gasteiger partial charge in [-0.1, -0.05) is 0 Å². The average molecular weight is 224 g/mol. The Morgan fingerprint density at radius 3 is 2.87 bits per heavy atom. The minimum Gasteiger partial charge on any atom is -0.478 e. The summed E-state index contributed by atoms with van der Waals surface area (Å²) < 4.78 is 4.99. The average Bonchev–Trinajstić information content (AvgIpc) is 2.88. The fourth-order valence-corrected chi connectivity index (χ4v) is 1.97. The van der Waals surface area contributed by atoms with Crippen LogP contribution in [0.5, 0.6) is 0 Å². The molecule has 0 aliphatic heterocycles. The van der Waals surface area contributed by atoms with Crippen molar-refractivity contribution in [2.45, 2.75) is 6.10 Å². The van der Waals surface area contributed by atoms with Crippen LogP contribution in [0.25, 0.3) is 0 Å². The van der Waals surface area contributed by atoms with Gasteiger partial charge in [0, 0.05) is 0 Å². The lowest BCUT2D eigenvalue weighted by Crippen LogP contribution is -2.04. The Labute approximate surface area is 89.4 Å². The Morgan fingerprint density at radius 2 is 2.27 bits per heavy atom. The van der Waals surface area contributed by atoms with Crippen molar-refractivity contribution in [1.29, 1.82) is 0 Å². The molecule has 0 amide bonds. The van der Waals surface area contributed by atoms with Crippen molar-refractivity contribution in [3.05, 3.63) is 46.0 Å². The van der Waals surface area contributed by atoms with Gasteiger partial charge >= 0.3 is 5.97 Å². The van der Waals surface area contributed by atoms with E-state index in [-0.39, 0.29) is 11.3 Å². The zero-order chi connectivity index (χ0) is 10.8. The van der Waals surface area contributed by atoms with Crippen molar-refractivity contribution in [2.75, 3.05) is 0 Å². The quantitative estimate of drug-likeness (QED) is 0.837. The van der Waals surface area contributed by atoms with Crippen LogP contribution in [0.4, 0.5) is 0 Å². The molecule has 2 N–H and O–H groups in total. The molecule has 15 heavy (non-hydrogen) atoms. The third-order valence-electron chi connectivity index (χ3n) is 2.03. The molecule has 0 bridgehead atoms. The molecule has 2 rings (SSSR count). The highest BCUT2D eigenvalue weighted by Gasteiger charge is 2.22. The van der Waals surface area contributed by atoms with Gasteiger partial charge in [-0.05, 0) is 28.5 Å². The molecular weight excluding hydrogens is 216 g/mol. The van der Waals surface area contributed by atoms with Crippen molar-refractivity contribution >= 4 is 17.3 Å². The van der Waals surface area contributed by atoms with Crippen LogP contribution < -0.4 is 0 Å². The van der Waals surface area contributed by atoms with E-state index < -0.39 is 12.1 Å². The molecule has 2 aromatic heterocycles. The summed E-state index contributed by atoms with van der Waals surface area (Å²) in [6, 6.07) is 3.05. The predicted molar refractivity (Wildman–Crippen MR) is 54.0 cm³/mol. The van der Waals surface area contributed by atoms with Gasteiger partial charge in [0.1, 0.15) is 11.7 Å². The smallest absolute Gasteiger partial charge is 0.339 e. The lowest BCUT2D eigenvalue weighted by molar-refractivity contribution is 0.0687. The number of carboxylic acid groups (broad SMARTS) is 1. The normalized spacial score (nSPS) is 12.6. The Balaban J connectivity index is 2.37. The van der Waals surface area contributed by atoms with Crippen molar-refractivity contribution in [2.24, 2.45) is 0 Å². The highest BCUT2D eigenvalue weighted by atomic mass is 32.1. The largest absolute Gasteiger partial charge is 0.478 e. The van der Waals surface area contributed by atoms with Crippen LogP contribution in [0.3, 0.4) is 0 Å². The third kappa shape index (κ3) is 1.79. The molecule has 0 radical (unpaired) electrons. The molecule has 1 atom stereocenters. The van der Waals surface area contributed by atoms with E-state index in [2.05, 4.69) is 0 Å². The molecule has 0 aliphatic rings. The highest BCUT2D eigenvalue weighted by Crippen LogP contribution is 2.27. The minimum absolute atomic E-state index is 0.00583. The summed E-state index contributed by atoms with van der Waals surface area (Å²) in [5.41, 5.74) is 0.631. The molecule has 1 unspecified atom stereocenters. The van der Waals surface area contributed by atoms with Gasteiger partial charge < -0.3 is 14.6 Å². The van der Waals surface area contributed by atoms with Gasteiger partial charge in [-0.25, -0.2) is 4.79 Å². The van der Waals surface area contributed by atoms with Gasteiger partial charge in [0.2, 0.25) is 0 Å². The van der Waals surface area contributed by atoms with E-state index in [0.717, 1.165) is 0 Å². The standard InChI is InChI=1S/C10H8O4S/c11-8(6-2-4-15-5-6)9-7(10(12)13)1-3-14-9/h1-5,8,11H,(H,12,13). The maximum absolute atomic E-state index is 10.8. The Hall–Kier alpha value is -1.59. The van der Waals surface area contributed by atoms with Crippen molar-refractivity contribution in [3.8, 4) is 0 Å². The summed E-state index contributed by atoms with van der Waals surface area (Å²) in [5, 5.41) is 22.2. The van der Waals surface area contributed by atoms with Crippen LogP contribution in [0.15, 0.2) is 33.6 Å². The molecule has 5 heteroatoms. The summed E-state index contributed by atoms with van der Waals surface area (Å²) in [5.74, 6) is -1.03. The summed E-state index contributed by atoms with van der Waals surface area (Å²) >= 11 is 1.43. The van der Waals surface area contributed by atoms with Gasteiger partial charge in [0.15, 0.2) is 5.76 Å². The number of furan rings is 1. The van der Waals surface area contributed by atoms with E-state index >= 15 is 0 Å². The molecule has 4 nitrogen and oxygen atoms in total. The second-order valence-electron chi connectivity index (χ2n) is 2.96. The Morgan fingerprint density at radius 1 is 1.47 bits per heavy atom. The molecule has 0 saturated carbocycles. The maximum atomic E-state index is 10.8. The van der Waals surface area contributed by atoms with E-state index in [9.17, 15) is 9.90 Å². The molecule has 78 valence electrons. The first-order valence-electron chi connectivity index (χ1n) is 4.21. The summed E-state index contributed by atoms with van der Waals surface area (Å²) in [4.78, 5) is 10.8. The third-order valence-corrected chi connectivity index (χ3v) is 2.73. The van der Waals surface area contributed by atoms with Crippen LogP contribution in [0.1, 0.15) is 27.8 Å². The lowest BCUT2D eigenvalue weighted by Gasteiger charge is -2.06. The first-order chi connectivity index (χ1) is 7.20. The Bertz CT molecular complexity index is 457. The molecule has 0 saturated heterocycles. The molecule has 0 aliphatic carbocycles. The van der Waals surface area contributed by atoms with E-state index in [4.69, 9.17) is 9.52 Å². The number of hydrogen-bond donors (Lipinski definition) is 2. The molecular formula is C10H8O4S. The van der Waals surface area contributed by atoms with Crippen LogP contribution in [-0.4, -0.2) is 16.2 Å². The molecule has 0 spiro atoms. The maximum Gasteiger partial charge on any atom is 0.339 e. The SMILES string of the molecule is O=C(O)c1ccoc1C(O)c1ccsc1. The van der Waals surface area contributed by atoms with Gasteiger partial charge in [-0.3, -0.25) is 0 Å².